The standard InChI is InChI=1S/C24H26N4O3/c29-24(17-25-23-11-13-28(26-23)19-6-2-1-3-7-19)27-12-4-8-20(27)18-9-10-21-22(16-18)31-15-5-14-30-21/h1-3,6-7,9-11,13,16,20H,4-5,8,12,14-15,17H2,(H,25,26). The average molecular weight is 418 g/mol. The number of para-hydroxylation sites is 1. The number of rotatable bonds is 5. The maximum Gasteiger partial charge on any atom is 0.242 e. The average Bonchev–Trinajstić information content (AvgIpc) is 3.43. The van der Waals surface area contributed by atoms with Gasteiger partial charge in [0.25, 0.3) is 0 Å². The molecule has 0 saturated carbocycles. The first kappa shape index (κ1) is 19.5. The molecule has 2 aromatic carbocycles. The second kappa shape index (κ2) is 8.71. The molecule has 0 radical (unpaired) electrons. The molecule has 1 saturated heterocycles. The Morgan fingerprint density at radius 3 is 2.74 bits per heavy atom. The number of benzene rings is 2. The number of hydrogen-bond acceptors (Lipinski definition) is 5. The first-order chi connectivity index (χ1) is 15.3. The smallest absolute Gasteiger partial charge is 0.242 e. The van der Waals surface area contributed by atoms with Gasteiger partial charge in [0.2, 0.25) is 5.91 Å². The first-order valence-electron chi connectivity index (χ1n) is 10.8. The highest BCUT2D eigenvalue weighted by molar-refractivity contribution is 5.81. The van der Waals surface area contributed by atoms with E-state index in [-0.39, 0.29) is 18.5 Å². The molecule has 7 heteroatoms. The number of nitrogens with one attached hydrogen (secondary N) is 1. The molecular formula is C24H26N4O3. The van der Waals surface area contributed by atoms with Gasteiger partial charge in [0.15, 0.2) is 11.5 Å². The van der Waals surface area contributed by atoms with Gasteiger partial charge in [-0.25, -0.2) is 4.68 Å². The molecule has 0 spiro atoms. The van der Waals surface area contributed by atoms with Gasteiger partial charge in [0.1, 0.15) is 5.82 Å². The molecule has 0 bridgehead atoms. The van der Waals surface area contributed by atoms with E-state index in [0.29, 0.717) is 19.0 Å². The Morgan fingerprint density at radius 2 is 1.87 bits per heavy atom. The number of nitrogens with zero attached hydrogens (tertiary/aromatic N) is 3. The van der Waals surface area contributed by atoms with Gasteiger partial charge < -0.3 is 19.7 Å². The zero-order valence-electron chi connectivity index (χ0n) is 17.4. The van der Waals surface area contributed by atoms with Crippen molar-refractivity contribution in [2.45, 2.75) is 25.3 Å². The fraction of sp³-hybridized carbons (Fsp3) is 0.333. The van der Waals surface area contributed by atoms with Crippen LogP contribution < -0.4 is 14.8 Å². The molecule has 5 rings (SSSR count). The minimum atomic E-state index is 0.0633. The molecule has 1 unspecified atom stereocenters. The van der Waals surface area contributed by atoms with Crippen molar-refractivity contribution in [1.82, 2.24) is 14.7 Å². The number of aromatic nitrogens is 2. The Kier molecular flexibility index (Phi) is 5.48. The molecule has 2 aliphatic rings. The summed E-state index contributed by atoms with van der Waals surface area (Å²) in [6.45, 7) is 2.31. The van der Waals surface area contributed by atoms with E-state index >= 15 is 0 Å². The van der Waals surface area contributed by atoms with Crippen LogP contribution in [-0.4, -0.2) is 46.9 Å². The van der Waals surface area contributed by atoms with Gasteiger partial charge in [-0.15, -0.1) is 0 Å². The molecule has 1 aromatic heterocycles. The minimum absolute atomic E-state index is 0.0633. The van der Waals surface area contributed by atoms with Gasteiger partial charge in [0, 0.05) is 25.2 Å². The van der Waals surface area contributed by atoms with Crippen LogP contribution in [-0.2, 0) is 4.79 Å². The highest BCUT2D eigenvalue weighted by Crippen LogP contribution is 2.37. The van der Waals surface area contributed by atoms with Crippen LogP contribution in [0.1, 0.15) is 30.9 Å². The van der Waals surface area contributed by atoms with Crippen molar-refractivity contribution >= 4 is 11.7 Å². The molecule has 0 aliphatic carbocycles. The van der Waals surface area contributed by atoms with Crippen LogP contribution in [0, 0.1) is 0 Å². The molecule has 160 valence electrons. The molecule has 1 atom stereocenters. The fourth-order valence-corrected chi connectivity index (χ4v) is 4.21. The summed E-state index contributed by atoms with van der Waals surface area (Å²) in [5.41, 5.74) is 2.08. The summed E-state index contributed by atoms with van der Waals surface area (Å²) in [4.78, 5) is 15.0. The van der Waals surface area contributed by atoms with Crippen LogP contribution >= 0.6 is 0 Å². The molecule has 3 heterocycles. The molecule has 7 nitrogen and oxygen atoms in total. The van der Waals surface area contributed by atoms with Crippen molar-refractivity contribution in [2.75, 3.05) is 31.6 Å². The topological polar surface area (TPSA) is 68.6 Å². The Bertz CT molecular complexity index is 1050. The maximum atomic E-state index is 13.0. The molecule has 31 heavy (non-hydrogen) atoms. The van der Waals surface area contributed by atoms with Crippen LogP contribution in [0.5, 0.6) is 11.5 Å². The number of carbonyl (C=O) groups is 1. The summed E-state index contributed by atoms with van der Waals surface area (Å²) in [5, 5.41) is 7.69. The highest BCUT2D eigenvalue weighted by atomic mass is 16.5. The van der Waals surface area contributed by atoms with E-state index < -0.39 is 0 Å². The quantitative estimate of drug-likeness (QED) is 0.682. The maximum absolute atomic E-state index is 13.0. The summed E-state index contributed by atoms with van der Waals surface area (Å²) >= 11 is 0. The summed E-state index contributed by atoms with van der Waals surface area (Å²) in [5.74, 6) is 2.32. The van der Waals surface area contributed by atoms with Crippen LogP contribution in [0.3, 0.4) is 0 Å². The second-order valence-electron chi connectivity index (χ2n) is 7.84. The van der Waals surface area contributed by atoms with E-state index in [0.717, 1.165) is 48.6 Å². The SMILES string of the molecule is O=C(CNc1ccn(-c2ccccc2)n1)N1CCCC1c1ccc2c(c1)OCCCO2. The third-order valence-electron chi connectivity index (χ3n) is 5.76. The van der Waals surface area contributed by atoms with Gasteiger partial charge in [-0.3, -0.25) is 4.79 Å². The zero-order valence-corrected chi connectivity index (χ0v) is 17.4. The van der Waals surface area contributed by atoms with E-state index in [1.807, 2.05) is 59.6 Å². The third-order valence-corrected chi connectivity index (χ3v) is 5.76. The lowest BCUT2D eigenvalue weighted by Gasteiger charge is -2.26. The Morgan fingerprint density at radius 1 is 1.03 bits per heavy atom. The van der Waals surface area contributed by atoms with E-state index in [1.165, 1.54) is 0 Å². The third kappa shape index (κ3) is 4.21. The van der Waals surface area contributed by atoms with Crippen LogP contribution in [0.25, 0.3) is 5.69 Å². The molecule has 1 fully saturated rings. The van der Waals surface area contributed by atoms with E-state index in [9.17, 15) is 4.79 Å². The number of fused-ring (bicyclic) bond motifs is 1. The van der Waals surface area contributed by atoms with Crippen molar-refractivity contribution < 1.29 is 14.3 Å². The number of anilines is 1. The molecular weight excluding hydrogens is 392 g/mol. The Balaban J connectivity index is 1.24. The monoisotopic (exact) mass is 418 g/mol. The molecule has 1 amide bonds. The van der Waals surface area contributed by atoms with E-state index in [4.69, 9.17) is 9.47 Å². The minimum Gasteiger partial charge on any atom is -0.490 e. The van der Waals surface area contributed by atoms with Gasteiger partial charge >= 0.3 is 0 Å². The lowest BCUT2D eigenvalue weighted by molar-refractivity contribution is -0.130. The van der Waals surface area contributed by atoms with Gasteiger partial charge in [-0.2, -0.15) is 5.10 Å². The Labute approximate surface area is 181 Å². The Hall–Kier alpha value is -3.48. The summed E-state index contributed by atoms with van der Waals surface area (Å²) < 4.78 is 13.4. The second-order valence-corrected chi connectivity index (χ2v) is 7.84. The van der Waals surface area contributed by atoms with E-state index in [2.05, 4.69) is 16.5 Å². The normalized spacial score (nSPS) is 17.9. The lowest BCUT2D eigenvalue weighted by Crippen LogP contribution is -2.35. The number of likely N-dealkylation sites (tertiary alicyclic amines) is 1. The van der Waals surface area contributed by atoms with Crippen LogP contribution in [0.4, 0.5) is 5.82 Å². The largest absolute Gasteiger partial charge is 0.490 e. The van der Waals surface area contributed by atoms with Gasteiger partial charge in [-0.05, 0) is 42.7 Å². The predicted octanol–water partition coefficient (Wildman–Crippen LogP) is 3.81. The summed E-state index contributed by atoms with van der Waals surface area (Å²) in [7, 11) is 0. The highest BCUT2D eigenvalue weighted by Gasteiger charge is 2.30. The number of amides is 1. The summed E-state index contributed by atoms with van der Waals surface area (Å²) in [6.07, 6.45) is 4.71. The zero-order chi connectivity index (χ0) is 21.0. The van der Waals surface area contributed by atoms with Crippen molar-refractivity contribution in [2.24, 2.45) is 0 Å². The predicted molar refractivity (Wildman–Crippen MR) is 118 cm³/mol. The van der Waals surface area contributed by atoms with Crippen molar-refractivity contribution in [1.29, 1.82) is 0 Å². The van der Waals surface area contributed by atoms with Gasteiger partial charge in [0.05, 0.1) is 31.5 Å². The molecule has 3 aromatic rings. The fourth-order valence-electron chi connectivity index (χ4n) is 4.21. The lowest BCUT2D eigenvalue weighted by atomic mass is 10.0. The first-order valence-corrected chi connectivity index (χ1v) is 10.8. The summed E-state index contributed by atoms with van der Waals surface area (Å²) in [6, 6.07) is 17.9. The van der Waals surface area contributed by atoms with Crippen LogP contribution in [0.2, 0.25) is 0 Å². The van der Waals surface area contributed by atoms with Crippen molar-refractivity contribution in [3.63, 3.8) is 0 Å². The van der Waals surface area contributed by atoms with Gasteiger partial charge in [-0.1, -0.05) is 24.3 Å². The van der Waals surface area contributed by atoms with Crippen molar-refractivity contribution in [3.05, 3.63) is 66.4 Å². The van der Waals surface area contributed by atoms with Crippen LogP contribution in [0.15, 0.2) is 60.8 Å². The van der Waals surface area contributed by atoms with Crippen molar-refractivity contribution in [3.8, 4) is 17.2 Å². The number of hydrogen-bond donors (Lipinski definition) is 1. The number of ether oxygens (including phenoxy) is 2. The van der Waals surface area contributed by atoms with E-state index in [1.54, 1.807) is 4.68 Å². The molecule has 2 aliphatic heterocycles. The number of carbonyl (C=O) groups excluding carboxylic acids is 1. The molecule has 1 N–H and O–H groups in total.